The third-order valence-corrected chi connectivity index (χ3v) is 7.07. The van der Waals surface area contributed by atoms with Gasteiger partial charge in [0.05, 0.1) is 15.1 Å². The van der Waals surface area contributed by atoms with Gasteiger partial charge in [0.2, 0.25) is 10.0 Å². The Morgan fingerprint density at radius 1 is 1.00 bits per heavy atom. The zero-order valence-electron chi connectivity index (χ0n) is 14.4. The summed E-state index contributed by atoms with van der Waals surface area (Å²) in [4.78, 5) is 2.28. The van der Waals surface area contributed by atoms with Crippen LogP contribution in [0.15, 0.2) is 41.3 Å². The number of nitrogens with one attached hydrogen (secondary N) is 1. The molecular weight excluding hydrogens is 450 g/mol. The summed E-state index contributed by atoms with van der Waals surface area (Å²) < 4.78 is 27.4. The Morgan fingerprint density at radius 2 is 1.67 bits per heavy atom. The van der Waals surface area contributed by atoms with Gasteiger partial charge in [-0.3, -0.25) is 4.90 Å². The molecule has 0 fully saturated rings. The standard InChI is InChI=1S/C18H19Cl3N2O2S.ClH/c19-15-10-17(21)18(11-16(15)20)26(24,25)22-7-3-8-23-9-6-13-4-1-2-5-14(13)12-23;/h1-2,4-5,10-11,22H,3,6-9,12H2;1H. The topological polar surface area (TPSA) is 49.4 Å². The number of hydrogen-bond acceptors (Lipinski definition) is 3. The third-order valence-electron chi connectivity index (χ3n) is 4.42. The van der Waals surface area contributed by atoms with Gasteiger partial charge in [0.15, 0.2) is 0 Å². The zero-order chi connectivity index (χ0) is 18.7. The second-order valence-electron chi connectivity index (χ2n) is 6.24. The molecule has 148 valence electrons. The van der Waals surface area contributed by atoms with Crippen molar-refractivity contribution in [3.05, 3.63) is 62.6 Å². The molecule has 0 bridgehead atoms. The predicted octanol–water partition coefficient (Wildman–Crippen LogP) is 4.80. The van der Waals surface area contributed by atoms with Crippen molar-refractivity contribution in [3.8, 4) is 0 Å². The first kappa shape index (κ1) is 22.8. The van der Waals surface area contributed by atoms with E-state index < -0.39 is 10.0 Å². The minimum absolute atomic E-state index is 0. The van der Waals surface area contributed by atoms with E-state index >= 15 is 0 Å². The molecule has 0 atom stereocenters. The number of sulfonamides is 1. The van der Waals surface area contributed by atoms with Gasteiger partial charge in [0, 0.05) is 19.6 Å². The number of halogens is 4. The lowest BCUT2D eigenvalue weighted by molar-refractivity contribution is 0.251. The van der Waals surface area contributed by atoms with E-state index in [1.165, 1.54) is 23.3 Å². The molecule has 3 rings (SSSR count). The minimum atomic E-state index is -3.73. The third kappa shape index (κ3) is 5.73. The van der Waals surface area contributed by atoms with E-state index in [0.29, 0.717) is 13.0 Å². The summed E-state index contributed by atoms with van der Waals surface area (Å²) in [5, 5.41) is 0.434. The number of benzene rings is 2. The summed E-state index contributed by atoms with van der Waals surface area (Å²) in [6.07, 6.45) is 1.74. The molecule has 0 saturated heterocycles. The number of hydrogen-bond donors (Lipinski definition) is 1. The second kappa shape index (κ2) is 9.79. The highest BCUT2D eigenvalue weighted by atomic mass is 35.5. The van der Waals surface area contributed by atoms with Crippen LogP contribution in [0.1, 0.15) is 17.5 Å². The minimum Gasteiger partial charge on any atom is -0.299 e. The van der Waals surface area contributed by atoms with Crippen molar-refractivity contribution >= 4 is 57.2 Å². The van der Waals surface area contributed by atoms with E-state index in [0.717, 1.165) is 26.1 Å². The van der Waals surface area contributed by atoms with E-state index in [4.69, 9.17) is 34.8 Å². The van der Waals surface area contributed by atoms with Gasteiger partial charge in [-0.15, -0.1) is 12.4 Å². The molecule has 1 heterocycles. The number of fused-ring (bicyclic) bond motifs is 1. The smallest absolute Gasteiger partial charge is 0.242 e. The van der Waals surface area contributed by atoms with Crippen molar-refractivity contribution in [2.45, 2.75) is 24.3 Å². The molecule has 9 heteroatoms. The quantitative estimate of drug-likeness (QED) is 0.488. The highest BCUT2D eigenvalue weighted by Crippen LogP contribution is 2.31. The molecule has 2 aromatic rings. The summed E-state index contributed by atoms with van der Waals surface area (Å²) in [5.74, 6) is 0. The SMILES string of the molecule is Cl.O=S(=O)(NCCCN1CCc2ccccc2C1)c1cc(Cl)c(Cl)cc1Cl. The second-order valence-corrected chi connectivity index (χ2v) is 9.20. The molecule has 0 saturated carbocycles. The monoisotopic (exact) mass is 468 g/mol. The number of nitrogens with zero attached hydrogens (tertiary/aromatic N) is 1. The van der Waals surface area contributed by atoms with Gasteiger partial charge in [-0.1, -0.05) is 59.1 Å². The first-order valence-electron chi connectivity index (χ1n) is 8.30. The normalized spacial score (nSPS) is 14.5. The Bertz CT molecular complexity index is 906. The molecular formula is C18H20Cl4N2O2S. The first-order valence-corrected chi connectivity index (χ1v) is 10.9. The number of rotatable bonds is 6. The van der Waals surface area contributed by atoms with Crippen molar-refractivity contribution < 1.29 is 8.42 Å². The molecule has 0 amide bonds. The van der Waals surface area contributed by atoms with Crippen LogP contribution < -0.4 is 4.72 Å². The summed E-state index contributed by atoms with van der Waals surface area (Å²) in [6.45, 7) is 3.05. The Morgan fingerprint density at radius 3 is 2.41 bits per heavy atom. The molecule has 27 heavy (non-hydrogen) atoms. The lowest BCUT2D eigenvalue weighted by Gasteiger charge is -2.28. The average Bonchev–Trinajstić information content (AvgIpc) is 2.61. The molecule has 0 aromatic heterocycles. The van der Waals surface area contributed by atoms with Crippen LogP contribution in [0.2, 0.25) is 15.1 Å². The van der Waals surface area contributed by atoms with Gasteiger partial charge in [-0.2, -0.15) is 0 Å². The van der Waals surface area contributed by atoms with Crippen LogP contribution in [0.3, 0.4) is 0 Å². The van der Waals surface area contributed by atoms with E-state index in [2.05, 4.69) is 33.9 Å². The molecule has 2 aromatic carbocycles. The lowest BCUT2D eigenvalue weighted by atomic mass is 10.00. The van der Waals surface area contributed by atoms with Gasteiger partial charge in [-0.05, 0) is 42.6 Å². The van der Waals surface area contributed by atoms with Crippen LogP contribution in [0, 0.1) is 0 Å². The van der Waals surface area contributed by atoms with E-state index in [1.807, 2.05) is 0 Å². The maximum absolute atomic E-state index is 12.4. The summed E-state index contributed by atoms with van der Waals surface area (Å²) in [5.41, 5.74) is 2.75. The van der Waals surface area contributed by atoms with Crippen molar-refractivity contribution in [1.29, 1.82) is 0 Å². The van der Waals surface area contributed by atoms with Crippen LogP contribution in [0.25, 0.3) is 0 Å². The van der Waals surface area contributed by atoms with Gasteiger partial charge < -0.3 is 0 Å². The largest absolute Gasteiger partial charge is 0.299 e. The molecule has 0 spiro atoms. The summed E-state index contributed by atoms with van der Waals surface area (Å²) in [6, 6.07) is 11.1. The molecule has 0 radical (unpaired) electrons. The Labute approximate surface area is 181 Å². The van der Waals surface area contributed by atoms with Crippen LogP contribution in [-0.4, -0.2) is 33.0 Å². The lowest BCUT2D eigenvalue weighted by Crippen LogP contribution is -2.33. The van der Waals surface area contributed by atoms with E-state index in [-0.39, 0.29) is 32.4 Å². The molecule has 4 nitrogen and oxygen atoms in total. The fourth-order valence-corrected chi connectivity index (χ4v) is 5.12. The zero-order valence-corrected chi connectivity index (χ0v) is 18.3. The Hall–Kier alpha value is -0.530. The highest BCUT2D eigenvalue weighted by Gasteiger charge is 2.20. The Kier molecular flexibility index (Phi) is 8.25. The highest BCUT2D eigenvalue weighted by molar-refractivity contribution is 7.89. The maximum atomic E-state index is 12.4. The summed E-state index contributed by atoms with van der Waals surface area (Å²) >= 11 is 17.8. The van der Waals surface area contributed by atoms with E-state index in [9.17, 15) is 8.42 Å². The van der Waals surface area contributed by atoms with Crippen LogP contribution in [0.4, 0.5) is 0 Å². The molecule has 1 N–H and O–H groups in total. The molecule has 0 aliphatic carbocycles. The van der Waals surface area contributed by atoms with Crippen molar-refractivity contribution in [3.63, 3.8) is 0 Å². The van der Waals surface area contributed by atoms with Gasteiger partial charge in [0.1, 0.15) is 4.90 Å². The van der Waals surface area contributed by atoms with Crippen molar-refractivity contribution in [1.82, 2.24) is 9.62 Å². The van der Waals surface area contributed by atoms with Gasteiger partial charge in [0.25, 0.3) is 0 Å². The fourth-order valence-electron chi connectivity index (χ4n) is 3.04. The van der Waals surface area contributed by atoms with Crippen molar-refractivity contribution in [2.24, 2.45) is 0 Å². The van der Waals surface area contributed by atoms with Crippen LogP contribution >= 0.6 is 47.2 Å². The molecule has 0 unspecified atom stereocenters. The Balaban J connectivity index is 0.00000261. The molecule has 1 aliphatic rings. The van der Waals surface area contributed by atoms with Gasteiger partial charge >= 0.3 is 0 Å². The average molecular weight is 470 g/mol. The first-order chi connectivity index (χ1) is 12.4. The predicted molar refractivity (Wildman–Crippen MR) is 114 cm³/mol. The maximum Gasteiger partial charge on any atom is 0.242 e. The van der Waals surface area contributed by atoms with Crippen molar-refractivity contribution in [2.75, 3.05) is 19.6 Å². The van der Waals surface area contributed by atoms with Crippen LogP contribution in [-0.2, 0) is 23.0 Å². The fraction of sp³-hybridized carbons (Fsp3) is 0.333. The van der Waals surface area contributed by atoms with Gasteiger partial charge in [-0.25, -0.2) is 13.1 Å². The summed E-state index contributed by atoms with van der Waals surface area (Å²) in [7, 11) is -3.73. The molecule has 1 aliphatic heterocycles. The van der Waals surface area contributed by atoms with E-state index in [1.54, 1.807) is 0 Å². The van der Waals surface area contributed by atoms with Crippen LogP contribution in [0.5, 0.6) is 0 Å².